The third-order valence-electron chi connectivity index (χ3n) is 5.40. The fourth-order valence-electron chi connectivity index (χ4n) is 3.90. The van der Waals surface area contributed by atoms with Crippen LogP contribution >= 0.6 is 0 Å². The van der Waals surface area contributed by atoms with Crippen LogP contribution in [-0.2, 0) is 10.4 Å². The molecule has 0 saturated carbocycles. The molecule has 2 fully saturated rings. The maximum Gasteiger partial charge on any atom is 0.329 e. The molecule has 2 aliphatic heterocycles. The van der Waals surface area contributed by atoms with Crippen LogP contribution in [0.1, 0.15) is 27.9 Å². The molecule has 2 aliphatic rings. The zero-order valence-electron chi connectivity index (χ0n) is 15.5. The van der Waals surface area contributed by atoms with E-state index in [2.05, 4.69) is 5.32 Å². The molecule has 2 saturated heterocycles. The van der Waals surface area contributed by atoms with Gasteiger partial charge in [0.2, 0.25) is 5.91 Å². The van der Waals surface area contributed by atoms with Gasteiger partial charge in [0.15, 0.2) is 0 Å². The van der Waals surface area contributed by atoms with Gasteiger partial charge in [0.1, 0.15) is 12.1 Å². The van der Waals surface area contributed by atoms with Crippen molar-refractivity contribution < 1.29 is 19.5 Å². The number of benzene rings is 2. The predicted octanol–water partition coefficient (Wildman–Crippen LogP) is 1.78. The first-order valence-corrected chi connectivity index (χ1v) is 9.16. The van der Waals surface area contributed by atoms with Gasteiger partial charge in [-0.15, -0.1) is 0 Å². The van der Waals surface area contributed by atoms with Gasteiger partial charge in [-0.2, -0.15) is 0 Å². The van der Waals surface area contributed by atoms with E-state index in [0.717, 1.165) is 11.1 Å². The van der Waals surface area contributed by atoms with Crippen molar-refractivity contribution in [2.45, 2.75) is 18.9 Å². The van der Waals surface area contributed by atoms with E-state index in [-0.39, 0.29) is 24.9 Å². The minimum atomic E-state index is -1.05. The summed E-state index contributed by atoms with van der Waals surface area (Å²) < 4.78 is 0. The van der Waals surface area contributed by atoms with E-state index in [4.69, 9.17) is 0 Å². The molecule has 4 rings (SSSR count). The van der Waals surface area contributed by atoms with Crippen LogP contribution in [0.25, 0.3) is 0 Å². The second kappa shape index (κ2) is 6.76. The van der Waals surface area contributed by atoms with Crippen molar-refractivity contribution in [3.63, 3.8) is 0 Å². The fraction of sp³-hybridized carbons (Fsp3) is 0.286. The Labute approximate surface area is 162 Å². The normalized spacial score (nSPS) is 21.9. The van der Waals surface area contributed by atoms with Crippen LogP contribution in [0.2, 0.25) is 0 Å². The second-order valence-corrected chi connectivity index (χ2v) is 7.31. The number of urea groups is 1. The van der Waals surface area contributed by atoms with Crippen LogP contribution in [0.15, 0.2) is 48.5 Å². The molecule has 7 heteroatoms. The Morgan fingerprint density at radius 3 is 2.46 bits per heavy atom. The minimum Gasteiger partial charge on any atom is -0.383 e. The molecule has 0 radical (unpaired) electrons. The van der Waals surface area contributed by atoms with Crippen LogP contribution in [0.3, 0.4) is 0 Å². The third-order valence-corrected chi connectivity index (χ3v) is 5.40. The van der Waals surface area contributed by atoms with E-state index in [1.54, 1.807) is 29.2 Å². The lowest BCUT2D eigenvalue weighted by atomic mass is 9.89. The lowest BCUT2D eigenvalue weighted by Crippen LogP contribution is -2.34. The number of aryl methyl sites for hydroxylation is 1. The Bertz CT molecular complexity index is 956. The highest BCUT2D eigenvalue weighted by Gasteiger charge is 2.40. The summed E-state index contributed by atoms with van der Waals surface area (Å²) in [5, 5.41) is 13.3. The minimum absolute atomic E-state index is 0.0261. The molecule has 4 amide bonds. The highest BCUT2D eigenvalue weighted by Crippen LogP contribution is 2.34. The van der Waals surface area contributed by atoms with Crippen LogP contribution < -0.4 is 10.2 Å². The molecular weight excluding hydrogens is 358 g/mol. The van der Waals surface area contributed by atoms with Gasteiger partial charge in [0.05, 0.1) is 6.54 Å². The summed E-state index contributed by atoms with van der Waals surface area (Å²) in [6.45, 7) is 2.63. The molecule has 7 nitrogen and oxygen atoms in total. The number of hydrogen-bond donors (Lipinski definition) is 2. The van der Waals surface area contributed by atoms with Crippen molar-refractivity contribution >= 4 is 23.5 Å². The van der Waals surface area contributed by atoms with E-state index < -0.39 is 11.6 Å². The fourth-order valence-corrected chi connectivity index (χ4v) is 3.90. The molecule has 2 heterocycles. The third kappa shape index (κ3) is 3.14. The Hall–Kier alpha value is -3.19. The maximum atomic E-state index is 12.9. The number of hydrogen-bond acceptors (Lipinski definition) is 4. The molecule has 0 aromatic heterocycles. The standard InChI is InChI=1S/C21H21N3O4/c1-14-4-2-3-5-17(14)21(28)10-11-23(13-21)19(26)15-6-8-16(9-7-15)24-12-18(25)22-20(24)27/h2-9,28H,10-13H2,1H3,(H,22,25,27)/t21-/m1/s1. The van der Waals surface area contributed by atoms with Crippen LogP contribution in [0.5, 0.6) is 0 Å². The molecule has 2 aromatic carbocycles. The number of β-amino-alcohol motifs (C(OH)–C–C–N with tert-alkyl or cyclic N) is 1. The van der Waals surface area contributed by atoms with E-state index in [1.807, 2.05) is 31.2 Å². The van der Waals surface area contributed by atoms with Crippen LogP contribution in [0, 0.1) is 6.92 Å². The van der Waals surface area contributed by atoms with Gasteiger partial charge in [-0.05, 0) is 48.7 Å². The van der Waals surface area contributed by atoms with Gasteiger partial charge in [-0.1, -0.05) is 24.3 Å². The number of amides is 4. The topological polar surface area (TPSA) is 89.9 Å². The summed E-state index contributed by atoms with van der Waals surface area (Å²) in [6, 6.07) is 13.8. The van der Waals surface area contributed by atoms with Crippen molar-refractivity contribution in [1.82, 2.24) is 10.2 Å². The molecule has 2 aromatic rings. The molecule has 0 unspecified atom stereocenters. The zero-order valence-corrected chi connectivity index (χ0v) is 15.5. The molecular formula is C21H21N3O4. The molecule has 0 aliphatic carbocycles. The Balaban J connectivity index is 1.49. The summed E-state index contributed by atoms with van der Waals surface area (Å²) in [5.74, 6) is -0.518. The molecule has 144 valence electrons. The first-order chi connectivity index (χ1) is 13.4. The molecule has 0 spiro atoms. The zero-order chi connectivity index (χ0) is 19.9. The van der Waals surface area contributed by atoms with E-state index in [0.29, 0.717) is 24.2 Å². The second-order valence-electron chi connectivity index (χ2n) is 7.31. The highest BCUT2D eigenvalue weighted by molar-refractivity contribution is 6.12. The van der Waals surface area contributed by atoms with Gasteiger partial charge in [-0.25, -0.2) is 4.79 Å². The molecule has 0 bridgehead atoms. The maximum absolute atomic E-state index is 12.9. The quantitative estimate of drug-likeness (QED) is 0.796. The van der Waals surface area contributed by atoms with Crippen LogP contribution in [0.4, 0.5) is 10.5 Å². The number of carbonyl (C=O) groups is 3. The number of likely N-dealkylation sites (tertiary alicyclic amines) is 1. The average Bonchev–Trinajstić information content (AvgIpc) is 3.24. The van der Waals surface area contributed by atoms with E-state index in [9.17, 15) is 19.5 Å². The average molecular weight is 379 g/mol. The monoisotopic (exact) mass is 379 g/mol. The summed E-state index contributed by atoms with van der Waals surface area (Å²) >= 11 is 0. The number of aliphatic hydroxyl groups is 1. The molecule has 1 atom stereocenters. The summed E-state index contributed by atoms with van der Waals surface area (Å²) in [6.07, 6.45) is 0.484. The van der Waals surface area contributed by atoms with Gasteiger partial charge in [0.25, 0.3) is 5.91 Å². The summed E-state index contributed by atoms with van der Waals surface area (Å²) in [5.41, 5.74) is 1.84. The van der Waals surface area contributed by atoms with Gasteiger partial charge < -0.3 is 10.0 Å². The number of nitrogens with zero attached hydrogens (tertiary/aromatic N) is 2. The Morgan fingerprint density at radius 1 is 1.11 bits per heavy atom. The van der Waals surface area contributed by atoms with Crippen molar-refractivity contribution in [2.24, 2.45) is 0 Å². The number of rotatable bonds is 3. The lowest BCUT2D eigenvalue weighted by Gasteiger charge is -2.25. The smallest absolute Gasteiger partial charge is 0.329 e. The Kier molecular flexibility index (Phi) is 4.39. The van der Waals surface area contributed by atoms with Crippen molar-refractivity contribution in [3.05, 3.63) is 65.2 Å². The van der Waals surface area contributed by atoms with E-state index in [1.165, 1.54) is 4.90 Å². The lowest BCUT2D eigenvalue weighted by molar-refractivity contribution is -0.117. The SMILES string of the molecule is Cc1ccccc1[C@@]1(O)CCN(C(=O)c2ccc(N3CC(=O)NC3=O)cc2)C1. The van der Waals surface area contributed by atoms with Crippen molar-refractivity contribution in [3.8, 4) is 0 Å². The van der Waals surface area contributed by atoms with Gasteiger partial charge in [0, 0.05) is 17.8 Å². The highest BCUT2D eigenvalue weighted by atomic mass is 16.3. The van der Waals surface area contributed by atoms with Crippen LogP contribution in [-0.4, -0.2) is 47.5 Å². The van der Waals surface area contributed by atoms with Crippen molar-refractivity contribution in [2.75, 3.05) is 24.5 Å². The first-order valence-electron chi connectivity index (χ1n) is 9.16. The molecule has 28 heavy (non-hydrogen) atoms. The Morgan fingerprint density at radius 2 is 1.82 bits per heavy atom. The summed E-state index contributed by atoms with van der Waals surface area (Å²) in [7, 11) is 0. The van der Waals surface area contributed by atoms with Gasteiger partial charge in [-0.3, -0.25) is 19.8 Å². The number of nitrogens with one attached hydrogen (secondary N) is 1. The summed E-state index contributed by atoms with van der Waals surface area (Å²) in [4.78, 5) is 38.9. The predicted molar refractivity (Wildman–Crippen MR) is 103 cm³/mol. The number of carbonyl (C=O) groups excluding carboxylic acids is 3. The largest absolute Gasteiger partial charge is 0.383 e. The number of anilines is 1. The van der Waals surface area contributed by atoms with Crippen molar-refractivity contribution in [1.29, 1.82) is 0 Å². The molecule has 2 N–H and O–H groups in total. The number of imide groups is 1. The first kappa shape index (κ1) is 18.2. The van der Waals surface area contributed by atoms with E-state index >= 15 is 0 Å². The van der Waals surface area contributed by atoms with Gasteiger partial charge >= 0.3 is 6.03 Å².